The molecule has 3 nitrogen and oxygen atoms in total. The number of nitrogens with zero attached hydrogens (tertiary/aromatic N) is 2. The monoisotopic (exact) mass is 268 g/mol. The lowest BCUT2D eigenvalue weighted by atomic mass is 10.2. The van der Waals surface area contributed by atoms with Crippen molar-refractivity contribution in [2.45, 2.75) is 13.8 Å². The molecule has 2 aromatic rings. The van der Waals surface area contributed by atoms with E-state index in [1.165, 1.54) is 11.3 Å². The van der Waals surface area contributed by atoms with Crippen LogP contribution in [0.15, 0.2) is 23.2 Å². The highest BCUT2D eigenvalue weighted by atomic mass is 35.5. The van der Waals surface area contributed by atoms with Crippen LogP contribution in [0.5, 0.6) is 0 Å². The SMILES string of the molecule is CC(C)C(=O)N=c1sc2cc(Cl)ccc2n1C. The zero-order valence-electron chi connectivity index (χ0n) is 9.90. The molecule has 90 valence electrons. The average Bonchev–Trinajstić information content (AvgIpc) is 2.55. The number of halogens is 1. The number of amides is 1. The number of aryl methyl sites for hydroxylation is 1. The summed E-state index contributed by atoms with van der Waals surface area (Å²) in [5, 5.41) is 0.695. The first-order valence-electron chi connectivity index (χ1n) is 5.32. The Morgan fingerprint density at radius 1 is 1.47 bits per heavy atom. The molecule has 1 amide bonds. The Hall–Kier alpha value is -1.13. The lowest BCUT2D eigenvalue weighted by Gasteiger charge is -1.97. The van der Waals surface area contributed by atoms with Crippen molar-refractivity contribution in [3.05, 3.63) is 28.0 Å². The fourth-order valence-corrected chi connectivity index (χ4v) is 2.74. The van der Waals surface area contributed by atoms with E-state index in [0.717, 1.165) is 10.2 Å². The molecule has 0 N–H and O–H groups in total. The minimum Gasteiger partial charge on any atom is -0.319 e. The van der Waals surface area contributed by atoms with Crippen LogP contribution in [0.25, 0.3) is 10.2 Å². The zero-order chi connectivity index (χ0) is 12.6. The van der Waals surface area contributed by atoms with Crippen LogP contribution in [0.3, 0.4) is 0 Å². The van der Waals surface area contributed by atoms with Gasteiger partial charge in [-0.2, -0.15) is 4.99 Å². The molecule has 0 fully saturated rings. The molecule has 1 heterocycles. The Morgan fingerprint density at radius 3 is 2.82 bits per heavy atom. The number of fused-ring (bicyclic) bond motifs is 1. The molecule has 0 spiro atoms. The molecule has 1 aromatic heterocycles. The molecule has 17 heavy (non-hydrogen) atoms. The summed E-state index contributed by atoms with van der Waals surface area (Å²) in [4.78, 5) is 16.4. The van der Waals surface area contributed by atoms with E-state index in [2.05, 4.69) is 4.99 Å². The summed E-state index contributed by atoms with van der Waals surface area (Å²) in [5.41, 5.74) is 1.04. The van der Waals surface area contributed by atoms with Crippen LogP contribution < -0.4 is 4.80 Å². The third-order valence-electron chi connectivity index (χ3n) is 2.47. The second-order valence-corrected chi connectivity index (χ2v) is 5.61. The quantitative estimate of drug-likeness (QED) is 0.783. The smallest absolute Gasteiger partial charge is 0.250 e. The standard InChI is InChI=1S/C12H13ClN2OS/c1-7(2)11(16)14-12-15(3)9-5-4-8(13)6-10(9)17-12/h4-7H,1-3H3. The van der Waals surface area contributed by atoms with Gasteiger partial charge in [0.2, 0.25) is 0 Å². The van der Waals surface area contributed by atoms with Crippen LogP contribution in [0.2, 0.25) is 5.02 Å². The second kappa shape index (κ2) is 4.63. The summed E-state index contributed by atoms with van der Waals surface area (Å²) in [6.45, 7) is 3.69. The minimum absolute atomic E-state index is 0.0798. The van der Waals surface area contributed by atoms with E-state index in [1.54, 1.807) is 0 Å². The third kappa shape index (κ3) is 2.42. The van der Waals surface area contributed by atoms with Gasteiger partial charge in [0.25, 0.3) is 5.91 Å². The fourth-order valence-electron chi connectivity index (χ4n) is 1.44. The summed E-state index contributed by atoms with van der Waals surface area (Å²) >= 11 is 7.41. The maximum atomic E-state index is 11.6. The minimum atomic E-state index is -0.0988. The molecule has 0 atom stereocenters. The van der Waals surface area contributed by atoms with Gasteiger partial charge in [0.1, 0.15) is 0 Å². The van der Waals surface area contributed by atoms with Gasteiger partial charge in [-0.15, -0.1) is 0 Å². The van der Waals surface area contributed by atoms with Crippen LogP contribution >= 0.6 is 22.9 Å². The topological polar surface area (TPSA) is 34.4 Å². The Kier molecular flexibility index (Phi) is 3.35. The van der Waals surface area contributed by atoms with E-state index in [4.69, 9.17) is 11.6 Å². The highest BCUT2D eigenvalue weighted by molar-refractivity contribution is 7.16. The maximum absolute atomic E-state index is 11.6. The van der Waals surface area contributed by atoms with Gasteiger partial charge in [0, 0.05) is 18.0 Å². The molecule has 0 saturated carbocycles. The number of carbonyl (C=O) groups excluding carboxylic acids is 1. The third-order valence-corrected chi connectivity index (χ3v) is 3.80. The van der Waals surface area contributed by atoms with E-state index in [9.17, 15) is 4.79 Å². The summed E-state index contributed by atoms with van der Waals surface area (Å²) in [6, 6.07) is 5.66. The van der Waals surface area contributed by atoms with E-state index in [1.807, 2.05) is 43.7 Å². The van der Waals surface area contributed by atoms with Gasteiger partial charge in [-0.25, -0.2) is 0 Å². The zero-order valence-corrected chi connectivity index (χ0v) is 11.5. The number of benzene rings is 1. The number of aromatic nitrogens is 1. The number of hydrogen-bond donors (Lipinski definition) is 0. The molecule has 0 saturated heterocycles. The molecule has 0 aliphatic heterocycles. The first-order valence-corrected chi connectivity index (χ1v) is 6.52. The Bertz CT molecular complexity index is 639. The van der Waals surface area contributed by atoms with Gasteiger partial charge < -0.3 is 4.57 Å². The fraction of sp³-hybridized carbons (Fsp3) is 0.333. The molecule has 0 bridgehead atoms. The molecular formula is C12H13ClN2OS. The predicted octanol–water partition coefficient (Wildman–Crippen LogP) is 2.98. The molecule has 0 aliphatic carbocycles. The number of carbonyl (C=O) groups is 1. The molecule has 0 radical (unpaired) electrons. The number of hydrogen-bond acceptors (Lipinski definition) is 2. The normalized spacial score (nSPS) is 12.6. The van der Waals surface area contributed by atoms with Crippen LogP contribution in [-0.4, -0.2) is 10.5 Å². The average molecular weight is 269 g/mol. The van der Waals surface area contributed by atoms with E-state index >= 15 is 0 Å². The van der Waals surface area contributed by atoms with Crippen molar-refractivity contribution in [2.75, 3.05) is 0 Å². The van der Waals surface area contributed by atoms with Crippen LogP contribution in [0.1, 0.15) is 13.8 Å². The van der Waals surface area contributed by atoms with Crippen LogP contribution in [0, 0.1) is 5.92 Å². The van der Waals surface area contributed by atoms with Gasteiger partial charge in [-0.3, -0.25) is 4.79 Å². The lowest BCUT2D eigenvalue weighted by Crippen LogP contribution is -2.15. The van der Waals surface area contributed by atoms with Crippen molar-refractivity contribution in [3.63, 3.8) is 0 Å². The molecule has 0 aliphatic rings. The van der Waals surface area contributed by atoms with Gasteiger partial charge >= 0.3 is 0 Å². The van der Waals surface area contributed by atoms with Crippen molar-refractivity contribution in [2.24, 2.45) is 18.0 Å². The van der Waals surface area contributed by atoms with E-state index in [-0.39, 0.29) is 11.8 Å². The summed E-state index contributed by atoms with van der Waals surface area (Å²) in [7, 11) is 1.90. The first-order chi connectivity index (χ1) is 7.99. The lowest BCUT2D eigenvalue weighted by molar-refractivity contribution is -0.120. The number of rotatable bonds is 1. The second-order valence-electron chi connectivity index (χ2n) is 4.16. The predicted molar refractivity (Wildman–Crippen MR) is 71.2 cm³/mol. The van der Waals surface area contributed by atoms with Crippen molar-refractivity contribution in [1.29, 1.82) is 0 Å². The van der Waals surface area contributed by atoms with Crippen LogP contribution in [0.4, 0.5) is 0 Å². The maximum Gasteiger partial charge on any atom is 0.250 e. The van der Waals surface area contributed by atoms with Crippen molar-refractivity contribution < 1.29 is 4.79 Å². The summed E-state index contributed by atoms with van der Waals surface area (Å²) < 4.78 is 2.95. The van der Waals surface area contributed by atoms with Gasteiger partial charge in [-0.1, -0.05) is 36.8 Å². The van der Waals surface area contributed by atoms with E-state index in [0.29, 0.717) is 9.82 Å². The van der Waals surface area contributed by atoms with Gasteiger partial charge in [-0.05, 0) is 18.2 Å². The Labute approximate surface area is 108 Å². The highest BCUT2D eigenvalue weighted by Crippen LogP contribution is 2.21. The van der Waals surface area contributed by atoms with Crippen LogP contribution in [-0.2, 0) is 11.8 Å². The summed E-state index contributed by atoms with van der Waals surface area (Å²) in [5.74, 6) is -0.179. The molecule has 0 unspecified atom stereocenters. The molecule has 1 aromatic carbocycles. The molecule has 5 heteroatoms. The van der Waals surface area contributed by atoms with Crippen molar-refractivity contribution in [3.8, 4) is 0 Å². The van der Waals surface area contributed by atoms with Crippen molar-refractivity contribution in [1.82, 2.24) is 4.57 Å². The molecule has 2 rings (SSSR count). The van der Waals surface area contributed by atoms with Gasteiger partial charge in [0.15, 0.2) is 4.80 Å². The molecular weight excluding hydrogens is 256 g/mol. The Morgan fingerprint density at radius 2 is 2.18 bits per heavy atom. The van der Waals surface area contributed by atoms with Crippen molar-refractivity contribution >= 4 is 39.1 Å². The Balaban J connectivity index is 2.64. The largest absolute Gasteiger partial charge is 0.319 e. The van der Waals surface area contributed by atoms with E-state index < -0.39 is 0 Å². The number of thiazole rings is 1. The summed E-state index contributed by atoms with van der Waals surface area (Å²) in [6.07, 6.45) is 0. The van der Waals surface area contributed by atoms with Gasteiger partial charge in [0.05, 0.1) is 10.2 Å². The highest BCUT2D eigenvalue weighted by Gasteiger charge is 2.07. The first kappa shape index (κ1) is 12.3.